The number of piperidine rings is 1. The van der Waals surface area contributed by atoms with Gasteiger partial charge in [0.25, 0.3) is 0 Å². The highest BCUT2D eigenvalue weighted by Crippen LogP contribution is 2.30. The van der Waals surface area contributed by atoms with Crippen molar-refractivity contribution in [3.8, 4) is 5.75 Å². The summed E-state index contributed by atoms with van der Waals surface area (Å²) in [6, 6.07) is 6.23. The average molecular weight is 460 g/mol. The largest absolute Gasteiger partial charge is 0.494 e. The molecule has 180 valence electrons. The summed E-state index contributed by atoms with van der Waals surface area (Å²) in [5.74, 6) is -0.201. The molecule has 0 aliphatic carbocycles. The van der Waals surface area contributed by atoms with Gasteiger partial charge in [-0.3, -0.25) is 9.69 Å². The number of ether oxygens (including phenoxy) is 3. The number of urea groups is 1. The zero-order chi connectivity index (χ0) is 23.8. The first-order chi connectivity index (χ1) is 16.0. The molecule has 2 heterocycles. The molecule has 2 amide bonds. The summed E-state index contributed by atoms with van der Waals surface area (Å²) in [5.41, 5.74) is 1.59. The minimum absolute atomic E-state index is 0.205. The highest BCUT2D eigenvalue weighted by Gasteiger charge is 2.35. The van der Waals surface area contributed by atoms with Crippen LogP contribution < -0.4 is 15.4 Å². The van der Waals surface area contributed by atoms with E-state index in [0.717, 1.165) is 24.9 Å². The Balaban J connectivity index is 1.89. The second kappa shape index (κ2) is 11.7. The molecule has 0 aromatic heterocycles. The number of carbonyl (C=O) groups excluding carboxylic acids is 3. The van der Waals surface area contributed by atoms with E-state index in [2.05, 4.69) is 15.5 Å². The fourth-order valence-electron chi connectivity index (χ4n) is 4.24. The van der Waals surface area contributed by atoms with E-state index in [1.165, 1.54) is 0 Å². The number of rotatable bonds is 9. The van der Waals surface area contributed by atoms with E-state index >= 15 is 0 Å². The van der Waals surface area contributed by atoms with Gasteiger partial charge in [-0.15, -0.1) is 0 Å². The van der Waals surface area contributed by atoms with Crippen molar-refractivity contribution in [3.05, 3.63) is 41.1 Å². The fourth-order valence-corrected chi connectivity index (χ4v) is 4.24. The third-order valence-electron chi connectivity index (χ3n) is 5.68. The van der Waals surface area contributed by atoms with Gasteiger partial charge < -0.3 is 24.8 Å². The van der Waals surface area contributed by atoms with Crippen LogP contribution in [-0.4, -0.2) is 62.3 Å². The predicted octanol–water partition coefficient (Wildman–Crippen LogP) is 2.53. The summed E-state index contributed by atoms with van der Waals surface area (Å²) in [4.78, 5) is 39.8. The maximum atomic E-state index is 13.0. The number of hydrogen-bond donors (Lipinski definition) is 2. The molecule has 9 heteroatoms. The molecular formula is C24H33N3O6. The van der Waals surface area contributed by atoms with Crippen molar-refractivity contribution in [2.75, 3.05) is 39.5 Å². The van der Waals surface area contributed by atoms with Gasteiger partial charge in [-0.05, 0) is 57.9 Å². The molecule has 0 saturated carbocycles. The minimum Gasteiger partial charge on any atom is -0.494 e. The predicted molar refractivity (Wildman–Crippen MR) is 121 cm³/mol. The summed E-state index contributed by atoms with van der Waals surface area (Å²) >= 11 is 0. The molecule has 2 aliphatic heterocycles. The van der Waals surface area contributed by atoms with Crippen LogP contribution in [-0.2, 0) is 19.1 Å². The Hall–Kier alpha value is -3.07. The highest BCUT2D eigenvalue weighted by atomic mass is 16.5. The molecule has 0 spiro atoms. The molecule has 2 aliphatic rings. The van der Waals surface area contributed by atoms with Gasteiger partial charge in [-0.25, -0.2) is 9.59 Å². The van der Waals surface area contributed by atoms with Crippen LogP contribution in [0.1, 0.15) is 45.2 Å². The maximum Gasteiger partial charge on any atom is 0.338 e. The molecule has 9 nitrogen and oxygen atoms in total. The molecule has 2 N–H and O–H groups in total. The molecule has 2 atom stereocenters. The van der Waals surface area contributed by atoms with Crippen molar-refractivity contribution < 1.29 is 28.6 Å². The third kappa shape index (κ3) is 6.25. The highest BCUT2D eigenvalue weighted by molar-refractivity contribution is 5.95. The molecule has 3 rings (SSSR count). The molecule has 33 heavy (non-hydrogen) atoms. The summed E-state index contributed by atoms with van der Waals surface area (Å²) in [6.45, 7) is 8.14. The van der Waals surface area contributed by atoms with Gasteiger partial charge >= 0.3 is 18.0 Å². The Bertz CT molecular complexity index is 883. The lowest BCUT2D eigenvalue weighted by Crippen LogP contribution is -2.50. The van der Waals surface area contributed by atoms with Gasteiger partial charge in [0.1, 0.15) is 5.75 Å². The topological polar surface area (TPSA) is 106 Å². The van der Waals surface area contributed by atoms with Crippen LogP contribution in [0.5, 0.6) is 5.75 Å². The van der Waals surface area contributed by atoms with Gasteiger partial charge in [0.15, 0.2) is 0 Å². The fraction of sp³-hybridized carbons (Fsp3) is 0.542. The SMILES string of the molecule is CCOC(=O)C1=C(CN2CCC[C@H](C(=O)OCC)C2)NC(=O)N[C@@H]1c1ccc(OCC)cc1. The smallest absolute Gasteiger partial charge is 0.338 e. The van der Waals surface area contributed by atoms with E-state index in [1.54, 1.807) is 13.8 Å². The number of esters is 2. The Kier molecular flexibility index (Phi) is 8.71. The number of carbonyl (C=O) groups is 3. The first kappa shape index (κ1) is 24.6. The van der Waals surface area contributed by atoms with Gasteiger partial charge in [0, 0.05) is 18.8 Å². The summed E-state index contributed by atoms with van der Waals surface area (Å²) < 4.78 is 16.0. The van der Waals surface area contributed by atoms with Crippen molar-refractivity contribution in [2.24, 2.45) is 5.92 Å². The van der Waals surface area contributed by atoms with Crippen molar-refractivity contribution >= 4 is 18.0 Å². The molecule has 0 unspecified atom stereocenters. The standard InChI is InChI=1S/C24H33N3O6/c1-4-31-18-11-9-16(10-12-18)21-20(23(29)33-6-3)19(25-24(30)26-21)15-27-13-7-8-17(14-27)22(28)32-5-2/h9-12,17,21H,4-8,13-15H2,1-3H3,(H2,25,26,30)/t17-,21+/m0/s1. The van der Waals surface area contributed by atoms with Crippen LogP contribution in [0.15, 0.2) is 35.5 Å². The lowest BCUT2D eigenvalue weighted by atomic mass is 9.93. The second-order valence-corrected chi connectivity index (χ2v) is 7.97. The minimum atomic E-state index is -0.658. The summed E-state index contributed by atoms with van der Waals surface area (Å²) in [7, 11) is 0. The van der Waals surface area contributed by atoms with Crippen LogP contribution in [0.2, 0.25) is 0 Å². The van der Waals surface area contributed by atoms with Gasteiger partial charge in [0.2, 0.25) is 0 Å². The first-order valence-electron chi connectivity index (χ1n) is 11.6. The lowest BCUT2D eigenvalue weighted by Gasteiger charge is -2.35. The Morgan fingerprint density at radius 2 is 1.79 bits per heavy atom. The van der Waals surface area contributed by atoms with Crippen molar-refractivity contribution in [1.29, 1.82) is 0 Å². The Labute approximate surface area is 194 Å². The number of hydrogen-bond acceptors (Lipinski definition) is 7. The normalized spacial score (nSPS) is 21.1. The Morgan fingerprint density at radius 1 is 1.06 bits per heavy atom. The number of nitrogens with one attached hydrogen (secondary N) is 2. The van der Waals surface area contributed by atoms with Crippen molar-refractivity contribution in [3.63, 3.8) is 0 Å². The molecule has 1 aromatic rings. The lowest BCUT2D eigenvalue weighted by molar-refractivity contribution is -0.150. The molecule has 1 aromatic carbocycles. The van der Waals surface area contributed by atoms with Crippen molar-refractivity contribution in [2.45, 2.75) is 39.7 Å². The average Bonchev–Trinajstić information content (AvgIpc) is 2.80. The number of nitrogens with zero attached hydrogens (tertiary/aromatic N) is 1. The van der Waals surface area contributed by atoms with E-state index in [0.29, 0.717) is 43.3 Å². The summed E-state index contributed by atoms with van der Waals surface area (Å²) in [5, 5.41) is 5.64. The van der Waals surface area contributed by atoms with Gasteiger partial charge in [0.05, 0.1) is 37.4 Å². The quantitative estimate of drug-likeness (QED) is 0.547. The number of benzene rings is 1. The molecule has 1 saturated heterocycles. The van der Waals surface area contributed by atoms with Crippen LogP contribution in [0, 0.1) is 5.92 Å². The van der Waals surface area contributed by atoms with E-state index in [1.807, 2.05) is 31.2 Å². The second-order valence-electron chi connectivity index (χ2n) is 7.97. The molecule has 0 radical (unpaired) electrons. The van der Waals surface area contributed by atoms with E-state index in [-0.39, 0.29) is 18.5 Å². The van der Waals surface area contributed by atoms with E-state index in [4.69, 9.17) is 14.2 Å². The summed E-state index contributed by atoms with van der Waals surface area (Å²) in [6.07, 6.45) is 1.60. The van der Waals surface area contributed by atoms with Crippen molar-refractivity contribution in [1.82, 2.24) is 15.5 Å². The maximum absolute atomic E-state index is 13.0. The van der Waals surface area contributed by atoms with Gasteiger partial charge in [-0.2, -0.15) is 0 Å². The van der Waals surface area contributed by atoms with Gasteiger partial charge in [-0.1, -0.05) is 12.1 Å². The number of amides is 2. The zero-order valence-electron chi connectivity index (χ0n) is 19.5. The van der Waals surface area contributed by atoms with E-state index < -0.39 is 18.0 Å². The third-order valence-corrected chi connectivity index (χ3v) is 5.68. The zero-order valence-corrected chi connectivity index (χ0v) is 19.5. The van der Waals surface area contributed by atoms with E-state index in [9.17, 15) is 14.4 Å². The molecule has 1 fully saturated rings. The van der Waals surface area contributed by atoms with Crippen LogP contribution in [0.3, 0.4) is 0 Å². The molecule has 0 bridgehead atoms. The van der Waals surface area contributed by atoms with Crippen LogP contribution >= 0.6 is 0 Å². The Morgan fingerprint density at radius 3 is 2.45 bits per heavy atom. The van der Waals surface area contributed by atoms with Crippen LogP contribution in [0.4, 0.5) is 4.79 Å². The molecular weight excluding hydrogens is 426 g/mol. The van der Waals surface area contributed by atoms with Crippen LogP contribution in [0.25, 0.3) is 0 Å². The number of likely N-dealkylation sites (tertiary alicyclic amines) is 1. The first-order valence-corrected chi connectivity index (χ1v) is 11.6. The monoisotopic (exact) mass is 459 g/mol.